The van der Waals surface area contributed by atoms with Gasteiger partial charge in [0.15, 0.2) is 0 Å². The van der Waals surface area contributed by atoms with Crippen molar-refractivity contribution in [2.75, 3.05) is 13.2 Å². The first-order valence-electron chi connectivity index (χ1n) is 9.79. The van der Waals surface area contributed by atoms with E-state index in [0.29, 0.717) is 19.6 Å². The van der Waals surface area contributed by atoms with Crippen molar-refractivity contribution in [3.63, 3.8) is 0 Å². The molecule has 148 valence electrons. The number of ether oxygens (including phenoxy) is 1. The van der Waals surface area contributed by atoms with Gasteiger partial charge in [0.25, 0.3) is 0 Å². The molecule has 0 bridgehead atoms. The molecule has 28 heavy (non-hydrogen) atoms. The highest BCUT2D eigenvalue weighted by molar-refractivity contribution is 5.93. The van der Waals surface area contributed by atoms with Crippen LogP contribution in [0, 0.1) is 33.6 Å². The minimum atomic E-state index is -0.00810. The molecule has 1 aliphatic heterocycles. The molecule has 0 radical (unpaired) electrons. The summed E-state index contributed by atoms with van der Waals surface area (Å²) in [7, 11) is 0. The standard InChI is InChI=1S/C22H27N3O3/c1-12-5-6-13(2)22-21(12)18(15(4)23-22)9-20(26)24-19-11-27-10-16(19)8-17-7-14(3)25-28-17/h5-7,16,19,23H,8-11H2,1-4H3,(H,24,26). The first-order chi connectivity index (χ1) is 13.4. The first-order valence-corrected chi connectivity index (χ1v) is 9.79. The van der Waals surface area contributed by atoms with Gasteiger partial charge in [-0.05, 0) is 44.4 Å². The first kappa shape index (κ1) is 18.7. The number of hydrogen-bond acceptors (Lipinski definition) is 4. The molecule has 1 fully saturated rings. The van der Waals surface area contributed by atoms with Crippen LogP contribution in [0.4, 0.5) is 0 Å². The predicted molar refractivity (Wildman–Crippen MR) is 107 cm³/mol. The van der Waals surface area contributed by atoms with E-state index in [1.54, 1.807) is 0 Å². The summed E-state index contributed by atoms with van der Waals surface area (Å²) >= 11 is 0. The Morgan fingerprint density at radius 3 is 2.75 bits per heavy atom. The van der Waals surface area contributed by atoms with E-state index in [9.17, 15) is 4.79 Å². The average molecular weight is 381 g/mol. The molecule has 0 saturated carbocycles. The van der Waals surface area contributed by atoms with Crippen LogP contribution in [0.5, 0.6) is 0 Å². The molecule has 2 unspecified atom stereocenters. The van der Waals surface area contributed by atoms with E-state index >= 15 is 0 Å². The highest BCUT2D eigenvalue weighted by Crippen LogP contribution is 2.28. The zero-order chi connectivity index (χ0) is 19.8. The van der Waals surface area contributed by atoms with Crippen LogP contribution in [-0.4, -0.2) is 35.3 Å². The van der Waals surface area contributed by atoms with Crippen molar-refractivity contribution in [2.45, 2.75) is 46.6 Å². The Morgan fingerprint density at radius 1 is 1.21 bits per heavy atom. The van der Waals surface area contributed by atoms with Gasteiger partial charge >= 0.3 is 0 Å². The summed E-state index contributed by atoms with van der Waals surface area (Å²) in [5, 5.41) is 8.29. The third-order valence-electron chi connectivity index (χ3n) is 5.71. The van der Waals surface area contributed by atoms with E-state index in [1.807, 2.05) is 19.9 Å². The van der Waals surface area contributed by atoms with Crippen molar-refractivity contribution >= 4 is 16.8 Å². The smallest absolute Gasteiger partial charge is 0.224 e. The topological polar surface area (TPSA) is 80.1 Å². The van der Waals surface area contributed by atoms with Gasteiger partial charge < -0.3 is 19.6 Å². The lowest BCUT2D eigenvalue weighted by molar-refractivity contribution is -0.121. The minimum Gasteiger partial charge on any atom is -0.379 e. The van der Waals surface area contributed by atoms with Crippen LogP contribution in [-0.2, 0) is 22.4 Å². The van der Waals surface area contributed by atoms with Crippen LogP contribution in [0.3, 0.4) is 0 Å². The van der Waals surface area contributed by atoms with E-state index in [1.165, 1.54) is 16.5 Å². The Labute approximate surface area is 164 Å². The SMILES string of the molecule is Cc1cc(CC2COCC2NC(=O)Cc2c(C)[nH]c3c(C)ccc(C)c23)on1. The number of hydrogen-bond donors (Lipinski definition) is 2. The fourth-order valence-corrected chi connectivity index (χ4v) is 4.18. The van der Waals surface area contributed by atoms with Crippen LogP contribution >= 0.6 is 0 Å². The van der Waals surface area contributed by atoms with E-state index < -0.39 is 0 Å². The maximum atomic E-state index is 12.8. The number of aromatic amines is 1. The number of H-pyrrole nitrogens is 1. The van der Waals surface area contributed by atoms with Crippen LogP contribution in [0.15, 0.2) is 22.7 Å². The highest BCUT2D eigenvalue weighted by atomic mass is 16.5. The molecule has 6 heteroatoms. The Morgan fingerprint density at radius 2 is 2.00 bits per heavy atom. The van der Waals surface area contributed by atoms with Crippen molar-refractivity contribution < 1.29 is 14.1 Å². The van der Waals surface area contributed by atoms with Crippen molar-refractivity contribution in [3.8, 4) is 0 Å². The molecule has 0 spiro atoms. The normalized spacial score (nSPS) is 19.4. The number of nitrogens with one attached hydrogen (secondary N) is 2. The molecule has 1 saturated heterocycles. The minimum absolute atomic E-state index is 0.00810. The molecule has 0 aliphatic carbocycles. The monoisotopic (exact) mass is 381 g/mol. The van der Waals surface area contributed by atoms with Gasteiger partial charge in [-0.3, -0.25) is 4.79 Å². The molecule has 2 aromatic heterocycles. The average Bonchev–Trinajstić information content (AvgIpc) is 3.33. The summed E-state index contributed by atoms with van der Waals surface area (Å²) in [6, 6.07) is 6.17. The summed E-state index contributed by atoms with van der Waals surface area (Å²) in [5.74, 6) is 1.06. The number of fused-ring (bicyclic) bond motifs is 1. The fourth-order valence-electron chi connectivity index (χ4n) is 4.18. The maximum Gasteiger partial charge on any atom is 0.224 e. The number of aryl methyl sites for hydroxylation is 4. The molecular weight excluding hydrogens is 354 g/mol. The summed E-state index contributed by atoms with van der Waals surface area (Å²) in [4.78, 5) is 16.3. The lowest BCUT2D eigenvalue weighted by Gasteiger charge is -2.18. The Balaban J connectivity index is 1.48. The largest absolute Gasteiger partial charge is 0.379 e. The Bertz CT molecular complexity index is 1020. The molecule has 1 aromatic carbocycles. The Hall–Kier alpha value is -2.60. The molecule has 3 aromatic rings. The van der Waals surface area contributed by atoms with Gasteiger partial charge in [0.05, 0.1) is 31.4 Å². The summed E-state index contributed by atoms with van der Waals surface area (Å²) in [6.45, 7) is 9.29. The van der Waals surface area contributed by atoms with Crippen LogP contribution in [0.25, 0.3) is 10.9 Å². The second-order valence-electron chi connectivity index (χ2n) is 7.96. The molecule has 6 nitrogen and oxygen atoms in total. The second kappa shape index (κ2) is 7.43. The fraction of sp³-hybridized carbons (Fsp3) is 0.455. The van der Waals surface area contributed by atoms with Crippen molar-refractivity contribution in [1.29, 1.82) is 0 Å². The maximum absolute atomic E-state index is 12.8. The predicted octanol–water partition coefficient (Wildman–Crippen LogP) is 3.31. The van der Waals surface area contributed by atoms with Gasteiger partial charge in [0.1, 0.15) is 5.76 Å². The van der Waals surface area contributed by atoms with Crippen LogP contribution in [0.1, 0.15) is 33.8 Å². The summed E-state index contributed by atoms with van der Waals surface area (Å²) < 4.78 is 11.0. The zero-order valence-corrected chi connectivity index (χ0v) is 16.9. The van der Waals surface area contributed by atoms with Crippen molar-refractivity contribution in [2.24, 2.45) is 5.92 Å². The van der Waals surface area contributed by atoms with Gasteiger partial charge in [-0.2, -0.15) is 0 Å². The van der Waals surface area contributed by atoms with Crippen LogP contribution in [0.2, 0.25) is 0 Å². The molecule has 2 atom stereocenters. The molecule has 2 N–H and O–H groups in total. The van der Waals surface area contributed by atoms with E-state index in [2.05, 4.69) is 41.4 Å². The lowest BCUT2D eigenvalue weighted by Crippen LogP contribution is -2.41. The lowest BCUT2D eigenvalue weighted by atomic mass is 9.97. The number of rotatable bonds is 5. The number of carbonyl (C=O) groups is 1. The van der Waals surface area contributed by atoms with Gasteiger partial charge in [-0.15, -0.1) is 0 Å². The second-order valence-corrected chi connectivity index (χ2v) is 7.96. The van der Waals surface area contributed by atoms with Gasteiger partial charge in [-0.1, -0.05) is 17.3 Å². The molecular formula is C22H27N3O3. The summed E-state index contributed by atoms with van der Waals surface area (Å²) in [5.41, 5.74) is 6.52. The van der Waals surface area contributed by atoms with Crippen molar-refractivity contribution in [1.82, 2.24) is 15.5 Å². The van der Waals surface area contributed by atoms with Gasteiger partial charge in [-0.25, -0.2) is 0 Å². The number of amides is 1. The Kier molecular flexibility index (Phi) is 4.98. The quantitative estimate of drug-likeness (QED) is 0.711. The highest BCUT2D eigenvalue weighted by Gasteiger charge is 2.31. The van der Waals surface area contributed by atoms with Crippen molar-refractivity contribution in [3.05, 3.63) is 52.0 Å². The van der Waals surface area contributed by atoms with Gasteiger partial charge in [0.2, 0.25) is 5.91 Å². The zero-order valence-electron chi connectivity index (χ0n) is 16.9. The van der Waals surface area contributed by atoms with E-state index in [-0.39, 0.29) is 17.9 Å². The molecule has 1 amide bonds. The van der Waals surface area contributed by atoms with E-state index in [0.717, 1.165) is 34.6 Å². The third-order valence-corrected chi connectivity index (χ3v) is 5.71. The van der Waals surface area contributed by atoms with Gasteiger partial charge in [0, 0.05) is 35.0 Å². The third kappa shape index (κ3) is 3.56. The van der Waals surface area contributed by atoms with Crippen LogP contribution < -0.4 is 5.32 Å². The van der Waals surface area contributed by atoms with E-state index in [4.69, 9.17) is 9.26 Å². The number of benzene rings is 1. The number of nitrogens with zero attached hydrogens (tertiary/aromatic N) is 1. The summed E-state index contributed by atoms with van der Waals surface area (Å²) in [6.07, 6.45) is 1.08. The molecule has 1 aliphatic rings. The number of aromatic nitrogens is 2. The molecule has 4 rings (SSSR count). The molecule has 3 heterocycles. The number of carbonyl (C=O) groups excluding carboxylic acids is 1.